The predicted octanol–water partition coefficient (Wildman–Crippen LogP) is 5.14. The van der Waals surface area contributed by atoms with E-state index < -0.39 is 16.1 Å². The lowest BCUT2D eigenvalue weighted by Gasteiger charge is -2.38. The van der Waals surface area contributed by atoms with Crippen LogP contribution in [0, 0.1) is 0 Å². The minimum atomic E-state index is -1.41. The summed E-state index contributed by atoms with van der Waals surface area (Å²) in [7, 11) is -2.83. The van der Waals surface area contributed by atoms with Crippen LogP contribution in [0.5, 0.6) is 0 Å². The normalized spacial score (nSPS) is 13.1. The molecule has 0 aliphatic carbocycles. The van der Waals surface area contributed by atoms with E-state index >= 15 is 0 Å². The number of rotatable bonds is 3. The topological polar surface area (TPSA) is 22.0 Å². The molecule has 0 amide bonds. The van der Waals surface area contributed by atoms with E-state index in [0.29, 0.717) is 5.16 Å². The molecule has 0 radical (unpaired) electrons. The van der Waals surface area contributed by atoms with Gasteiger partial charge in [-0.05, 0) is 17.3 Å². The highest BCUT2D eigenvalue weighted by Crippen LogP contribution is 2.38. The largest absolute Gasteiger partial charge is 0.285 e. The third-order valence-corrected chi connectivity index (χ3v) is 13.3. The first-order valence-corrected chi connectivity index (χ1v) is 14.8. The van der Waals surface area contributed by atoms with E-state index in [0.717, 1.165) is 5.52 Å². The third-order valence-electron chi connectivity index (χ3n) is 4.08. The number of aromatic nitrogens is 1. The van der Waals surface area contributed by atoms with Crippen molar-refractivity contribution in [1.29, 1.82) is 0 Å². The minimum Gasteiger partial charge on any atom is -0.285 e. The standard InChI is InChI=1S/C17H27NOSi2/c1-13(19)18-15-11-9-8-10-14(15)12-16(18)17(20(2,3)4)21(5,6)7/h8-12,17H,1-7H3. The first-order valence-electron chi connectivity index (χ1n) is 7.65. The van der Waals surface area contributed by atoms with Crippen LogP contribution in [0.2, 0.25) is 39.3 Å². The summed E-state index contributed by atoms with van der Waals surface area (Å²) in [5.74, 6) is 0.132. The van der Waals surface area contributed by atoms with E-state index in [1.54, 1.807) is 6.92 Å². The van der Waals surface area contributed by atoms with Gasteiger partial charge in [0.25, 0.3) is 0 Å². The van der Waals surface area contributed by atoms with Crippen molar-refractivity contribution in [3.8, 4) is 0 Å². The fourth-order valence-electron chi connectivity index (χ4n) is 3.93. The molecule has 2 aromatic rings. The van der Waals surface area contributed by atoms with E-state index in [4.69, 9.17) is 0 Å². The maximum Gasteiger partial charge on any atom is 0.228 e. The van der Waals surface area contributed by atoms with Crippen LogP contribution in [0.15, 0.2) is 30.3 Å². The highest BCUT2D eigenvalue weighted by Gasteiger charge is 2.41. The molecule has 0 aliphatic heterocycles. The Morgan fingerprint density at radius 3 is 2.00 bits per heavy atom. The molecular weight excluding hydrogens is 290 g/mol. The van der Waals surface area contributed by atoms with Gasteiger partial charge >= 0.3 is 0 Å². The summed E-state index contributed by atoms with van der Waals surface area (Å²) in [5.41, 5.74) is 2.31. The molecular formula is C17H27NOSi2. The molecule has 0 saturated carbocycles. The van der Waals surface area contributed by atoms with E-state index in [-0.39, 0.29) is 5.91 Å². The van der Waals surface area contributed by atoms with Crippen molar-refractivity contribution in [2.45, 2.75) is 51.4 Å². The summed E-state index contributed by atoms with van der Waals surface area (Å²) in [6.45, 7) is 16.3. The number of benzene rings is 1. The van der Waals surface area contributed by atoms with Crippen molar-refractivity contribution >= 4 is 33.0 Å². The van der Waals surface area contributed by atoms with Crippen LogP contribution in [0.3, 0.4) is 0 Å². The summed E-state index contributed by atoms with van der Waals surface area (Å²) in [6.07, 6.45) is 0. The Morgan fingerprint density at radius 2 is 1.52 bits per heavy atom. The van der Waals surface area contributed by atoms with Crippen LogP contribution >= 0.6 is 0 Å². The SMILES string of the molecule is CC(=O)n1c(C([Si](C)(C)C)[Si](C)(C)C)cc2ccccc21. The quantitative estimate of drug-likeness (QED) is 0.718. The number of fused-ring (bicyclic) bond motifs is 1. The fourth-order valence-corrected chi connectivity index (χ4v) is 16.5. The monoisotopic (exact) mass is 317 g/mol. The Hall–Kier alpha value is -1.14. The van der Waals surface area contributed by atoms with E-state index in [1.165, 1.54) is 11.1 Å². The molecule has 1 aromatic heterocycles. The predicted molar refractivity (Wildman–Crippen MR) is 97.7 cm³/mol. The summed E-state index contributed by atoms with van der Waals surface area (Å²) < 4.78 is 1.97. The molecule has 114 valence electrons. The van der Waals surface area contributed by atoms with Gasteiger partial charge in [-0.1, -0.05) is 57.5 Å². The molecule has 21 heavy (non-hydrogen) atoms. The second kappa shape index (κ2) is 5.25. The van der Waals surface area contributed by atoms with Gasteiger partial charge < -0.3 is 0 Å². The lowest BCUT2D eigenvalue weighted by molar-refractivity contribution is 0.0939. The molecule has 0 atom stereocenters. The second-order valence-electron chi connectivity index (χ2n) is 8.15. The van der Waals surface area contributed by atoms with Crippen molar-refractivity contribution in [3.63, 3.8) is 0 Å². The van der Waals surface area contributed by atoms with Crippen LogP contribution in [0.25, 0.3) is 10.9 Å². The Balaban J connectivity index is 2.80. The molecule has 0 bridgehead atoms. The molecule has 4 heteroatoms. The first kappa shape index (κ1) is 16.2. The van der Waals surface area contributed by atoms with Gasteiger partial charge in [0, 0.05) is 18.0 Å². The number of hydrogen-bond acceptors (Lipinski definition) is 1. The Kier molecular flexibility index (Phi) is 4.06. The van der Waals surface area contributed by atoms with E-state index in [1.807, 2.05) is 10.6 Å². The fraction of sp³-hybridized carbons (Fsp3) is 0.471. The lowest BCUT2D eigenvalue weighted by atomic mass is 10.2. The first-order chi connectivity index (χ1) is 9.53. The molecule has 1 heterocycles. The molecule has 2 rings (SSSR count). The number of para-hydroxylation sites is 1. The van der Waals surface area contributed by atoms with Crippen molar-refractivity contribution < 1.29 is 4.79 Å². The Bertz CT molecular complexity index is 660. The molecule has 2 nitrogen and oxygen atoms in total. The van der Waals surface area contributed by atoms with Crippen LogP contribution in [0.4, 0.5) is 0 Å². The second-order valence-corrected chi connectivity index (χ2v) is 19.3. The number of nitrogens with zero attached hydrogens (tertiary/aromatic N) is 1. The van der Waals surface area contributed by atoms with Crippen LogP contribution < -0.4 is 0 Å². The lowest BCUT2D eigenvalue weighted by Crippen LogP contribution is -2.47. The van der Waals surface area contributed by atoms with Crippen molar-refractivity contribution in [2.75, 3.05) is 0 Å². The van der Waals surface area contributed by atoms with Crippen LogP contribution in [-0.4, -0.2) is 26.6 Å². The van der Waals surface area contributed by atoms with Crippen LogP contribution in [-0.2, 0) is 0 Å². The highest BCUT2D eigenvalue weighted by atomic mass is 28.4. The summed E-state index contributed by atoms with van der Waals surface area (Å²) in [4.78, 5) is 12.3. The number of carbonyl (C=O) groups is 1. The van der Waals surface area contributed by atoms with E-state index in [2.05, 4.69) is 63.5 Å². The maximum atomic E-state index is 12.3. The summed E-state index contributed by atoms with van der Waals surface area (Å²) in [5, 5.41) is 1.76. The molecule has 0 N–H and O–H groups in total. The van der Waals surface area contributed by atoms with Gasteiger partial charge in [-0.2, -0.15) is 0 Å². The maximum absolute atomic E-state index is 12.3. The zero-order chi connectivity index (χ0) is 16.0. The summed E-state index contributed by atoms with van der Waals surface area (Å²) in [6, 6.07) is 10.5. The van der Waals surface area contributed by atoms with Gasteiger partial charge in [-0.15, -0.1) is 0 Å². The minimum absolute atomic E-state index is 0.132. The Morgan fingerprint density at radius 1 is 1.00 bits per heavy atom. The average molecular weight is 318 g/mol. The van der Waals surface area contributed by atoms with E-state index in [9.17, 15) is 4.79 Å². The van der Waals surface area contributed by atoms with Crippen molar-refractivity contribution in [3.05, 3.63) is 36.0 Å². The number of hydrogen-bond donors (Lipinski definition) is 0. The van der Waals surface area contributed by atoms with Crippen LogP contribution in [0.1, 0.15) is 22.6 Å². The van der Waals surface area contributed by atoms with Crippen molar-refractivity contribution in [1.82, 2.24) is 4.57 Å². The van der Waals surface area contributed by atoms with Gasteiger partial charge in [-0.3, -0.25) is 9.36 Å². The molecule has 1 aromatic carbocycles. The molecule has 0 spiro atoms. The van der Waals surface area contributed by atoms with Crippen molar-refractivity contribution in [2.24, 2.45) is 0 Å². The average Bonchev–Trinajstić information content (AvgIpc) is 2.62. The molecule has 0 aliphatic rings. The number of carbonyl (C=O) groups excluding carboxylic acids is 1. The summed E-state index contributed by atoms with van der Waals surface area (Å²) >= 11 is 0. The van der Waals surface area contributed by atoms with Gasteiger partial charge in [0.15, 0.2) is 0 Å². The highest BCUT2D eigenvalue weighted by molar-refractivity contribution is 6.96. The third kappa shape index (κ3) is 3.06. The van der Waals surface area contributed by atoms with Gasteiger partial charge in [-0.25, -0.2) is 0 Å². The molecule has 0 unspecified atom stereocenters. The molecule has 0 fully saturated rings. The molecule has 0 saturated heterocycles. The smallest absolute Gasteiger partial charge is 0.228 e. The van der Waals surface area contributed by atoms with Gasteiger partial charge in [0.05, 0.1) is 21.7 Å². The van der Waals surface area contributed by atoms with Gasteiger partial charge in [0.1, 0.15) is 0 Å². The zero-order valence-electron chi connectivity index (χ0n) is 14.3. The van der Waals surface area contributed by atoms with Gasteiger partial charge in [0.2, 0.25) is 5.91 Å². The zero-order valence-corrected chi connectivity index (χ0v) is 16.3. The Labute approximate surface area is 130 Å².